The Balaban J connectivity index is 1.88. The topological polar surface area (TPSA) is 32.3 Å². The van der Waals surface area contributed by atoms with Gasteiger partial charge in [0.2, 0.25) is 0 Å². The maximum atomic E-state index is 12.9. The van der Waals surface area contributed by atoms with Crippen LogP contribution in [0.4, 0.5) is 10.5 Å². The number of rotatable bonds is 12. The number of nitrogens with zero attached hydrogens (tertiary/aromatic N) is 1. The van der Waals surface area contributed by atoms with Gasteiger partial charge in [0.05, 0.1) is 0 Å². The molecule has 0 saturated heterocycles. The molecular weight excluding hydrogens is 380 g/mol. The number of halogens is 1. The van der Waals surface area contributed by atoms with Gasteiger partial charge < -0.3 is 10.2 Å². The lowest BCUT2D eigenvalue weighted by atomic mass is 10.1. The van der Waals surface area contributed by atoms with Crippen molar-refractivity contribution in [3.63, 3.8) is 0 Å². The van der Waals surface area contributed by atoms with Gasteiger partial charge in [0.15, 0.2) is 0 Å². The summed E-state index contributed by atoms with van der Waals surface area (Å²) in [7, 11) is 0. The highest BCUT2D eigenvalue weighted by atomic mass is 35.5. The molecule has 1 N–H and O–H groups in total. The number of amides is 2. The van der Waals surface area contributed by atoms with Crippen molar-refractivity contribution in [2.75, 3.05) is 11.9 Å². The molecular formula is C25H35ClN2O. The van der Waals surface area contributed by atoms with Crippen LogP contribution in [0.15, 0.2) is 48.5 Å². The van der Waals surface area contributed by atoms with Crippen LogP contribution in [0.5, 0.6) is 0 Å². The number of benzene rings is 2. The van der Waals surface area contributed by atoms with Crippen LogP contribution in [0.3, 0.4) is 0 Å². The molecule has 0 aliphatic carbocycles. The Morgan fingerprint density at radius 1 is 0.931 bits per heavy atom. The molecule has 0 aromatic heterocycles. The zero-order valence-corrected chi connectivity index (χ0v) is 18.7. The molecule has 0 heterocycles. The molecule has 2 amide bonds. The van der Waals surface area contributed by atoms with Crippen LogP contribution in [0.2, 0.25) is 5.02 Å². The highest BCUT2D eigenvalue weighted by Crippen LogP contribution is 2.20. The van der Waals surface area contributed by atoms with Crippen LogP contribution >= 0.6 is 11.6 Å². The largest absolute Gasteiger partial charge is 0.322 e. The molecule has 0 fully saturated rings. The molecule has 2 aromatic carbocycles. The van der Waals surface area contributed by atoms with Gasteiger partial charge in [-0.3, -0.25) is 0 Å². The Labute approximate surface area is 181 Å². The number of unbranched alkanes of at least 4 members (excludes halogenated alkanes) is 7. The van der Waals surface area contributed by atoms with Crippen molar-refractivity contribution in [3.8, 4) is 0 Å². The fraction of sp³-hybridized carbons (Fsp3) is 0.480. The number of anilines is 1. The van der Waals surface area contributed by atoms with Crippen molar-refractivity contribution in [2.45, 2.75) is 71.8 Å². The van der Waals surface area contributed by atoms with E-state index in [2.05, 4.69) is 24.4 Å². The summed E-state index contributed by atoms with van der Waals surface area (Å²) in [4.78, 5) is 14.8. The third kappa shape index (κ3) is 8.91. The lowest BCUT2D eigenvalue weighted by Gasteiger charge is -2.23. The molecule has 0 unspecified atom stereocenters. The molecule has 29 heavy (non-hydrogen) atoms. The van der Waals surface area contributed by atoms with Gasteiger partial charge in [-0.05, 0) is 36.6 Å². The van der Waals surface area contributed by atoms with Crippen molar-refractivity contribution in [2.24, 2.45) is 0 Å². The highest BCUT2D eigenvalue weighted by molar-refractivity contribution is 6.31. The summed E-state index contributed by atoms with van der Waals surface area (Å²) >= 11 is 6.21. The third-order valence-corrected chi connectivity index (χ3v) is 5.62. The fourth-order valence-electron chi connectivity index (χ4n) is 3.37. The first kappa shape index (κ1) is 23.3. The van der Waals surface area contributed by atoms with Crippen LogP contribution < -0.4 is 5.32 Å². The van der Waals surface area contributed by atoms with Crippen molar-refractivity contribution in [1.82, 2.24) is 4.90 Å². The number of urea groups is 1. The Morgan fingerprint density at radius 3 is 2.24 bits per heavy atom. The molecule has 0 radical (unpaired) electrons. The molecule has 4 heteroatoms. The van der Waals surface area contributed by atoms with Crippen LogP contribution in [0.1, 0.15) is 69.4 Å². The Kier molecular flexibility index (Phi) is 10.6. The maximum absolute atomic E-state index is 12.9. The molecule has 0 atom stereocenters. The van der Waals surface area contributed by atoms with E-state index in [1.54, 1.807) is 0 Å². The fourth-order valence-corrected chi connectivity index (χ4v) is 3.55. The van der Waals surface area contributed by atoms with Crippen molar-refractivity contribution >= 4 is 23.3 Å². The van der Waals surface area contributed by atoms with Gasteiger partial charge in [-0.25, -0.2) is 4.79 Å². The van der Waals surface area contributed by atoms with Crippen LogP contribution in [0, 0.1) is 6.92 Å². The molecule has 2 aromatic rings. The van der Waals surface area contributed by atoms with E-state index in [4.69, 9.17) is 11.6 Å². The minimum Gasteiger partial charge on any atom is -0.320 e. The van der Waals surface area contributed by atoms with E-state index in [0.29, 0.717) is 11.6 Å². The van der Waals surface area contributed by atoms with Crippen molar-refractivity contribution in [1.29, 1.82) is 0 Å². The molecule has 0 aliphatic rings. The standard InChI is InChI=1S/C25H35ClN2O/c1-3-4-5-6-7-8-9-13-18-28(20-22-14-11-10-12-15-22)25(29)27-23-17-16-21(2)24(26)19-23/h10-12,14-17,19H,3-9,13,18,20H2,1-2H3,(H,27,29). The third-order valence-electron chi connectivity index (χ3n) is 5.21. The predicted molar refractivity (Wildman–Crippen MR) is 125 cm³/mol. The lowest BCUT2D eigenvalue weighted by Crippen LogP contribution is -2.35. The van der Waals surface area contributed by atoms with Gasteiger partial charge in [-0.2, -0.15) is 0 Å². The van der Waals surface area contributed by atoms with E-state index in [-0.39, 0.29) is 6.03 Å². The van der Waals surface area contributed by atoms with Gasteiger partial charge in [-0.1, -0.05) is 99.9 Å². The summed E-state index contributed by atoms with van der Waals surface area (Å²) < 4.78 is 0. The smallest absolute Gasteiger partial charge is 0.320 e. The van der Waals surface area contributed by atoms with E-state index < -0.39 is 0 Å². The predicted octanol–water partition coefficient (Wildman–Crippen LogP) is 7.82. The minimum absolute atomic E-state index is 0.0725. The summed E-state index contributed by atoms with van der Waals surface area (Å²) in [6.07, 6.45) is 10.0. The van der Waals surface area contributed by atoms with Crippen molar-refractivity contribution in [3.05, 3.63) is 64.7 Å². The summed E-state index contributed by atoms with van der Waals surface area (Å²) in [6, 6.07) is 15.7. The molecule has 2 rings (SSSR count). The Bertz CT molecular complexity index is 733. The SMILES string of the molecule is CCCCCCCCCCN(Cc1ccccc1)C(=O)Nc1ccc(C)c(Cl)c1. The van der Waals surface area contributed by atoms with E-state index in [9.17, 15) is 4.79 Å². The number of hydrogen-bond acceptors (Lipinski definition) is 1. The van der Waals surface area contributed by atoms with Gasteiger partial charge in [0.25, 0.3) is 0 Å². The summed E-state index contributed by atoms with van der Waals surface area (Å²) in [5.74, 6) is 0. The summed E-state index contributed by atoms with van der Waals surface area (Å²) in [6.45, 7) is 5.58. The first-order valence-electron chi connectivity index (χ1n) is 11.0. The van der Waals surface area contributed by atoms with Gasteiger partial charge >= 0.3 is 6.03 Å². The Hall–Kier alpha value is -2.00. The quantitative estimate of drug-likeness (QED) is 0.352. The zero-order chi connectivity index (χ0) is 20.9. The van der Waals surface area contributed by atoms with Crippen molar-refractivity contribution < 1.29 is 4.79 Å². The number of carbonyl (C=O) groups excluding carboxylic acids is 1. The second-order valence-corrected chi connectivity index (χ2v) is 8.18. The first-order valence-corrected chi connectivity index (χ1v) is 11.3. The highest BCUT2D eigenvalue weighted by Gasteiger charge is 2.14. The van der Waals surface area contributed by atoms with Crippen LogP contribution in [0.25, 0.3) is 0 Å². The monoisotopic (exact) mass is 414 g/mol. The summed E-state index contributed by atoms with van der Waals surface area (Å²) in [5, 5.41) is 3.68. The first-order chi connectivity index (χ1) is 14.1. The van der Waals surface area contributed by atoms with Gasteiger partial charge in [-0.15, -0.1) is 0 Å². The second-order valence-electron chi connectivity index (χ2n) is 7.78. The summed E-state index contributed by atoms with van der Waals surface area (Å²) in [5.41, 5.74) is 2.88. The molecule has 0 spiro atoms. The maximum Gasteiger partial charge on any atom is 0.322 e. The molecule has 0 aliphatic heterocycles. The minimum atomic E-state index is -0.0725. The molecule has 3 nitrogen and oxygen atoms in total. The molecule has 0 bridgehead atoms. The van der Waals surface area contributed by atoms with Crippen LogP contribution in [-0.4, -0.2) is 17.5 Å². The normalized spacial score (nSPS) is 10.7. The number of carbonyl (C=O) groups is 1. The average molecular weight is 415 g/mol. The second kappa shape index (κ2) is 13.3. The zero-order valence-electron chi connectivity index (χ0n) is 17.9. The van der Waals surface area contributed by atoms with E-state index in [1.165, 1.54) is 44.9 Å². The molecule has 158 valence electrons. The number of hydrogen-bond donors (Lipinski definition) is 1. The van der Waals surface area contributed by atoms with E-state index in [1.807, 2.05) is 48.2 Å². The van der Waals surface area contributed by atoms with E-state index >= 15 is 0 Å². The number of nitrogens with one attached hydrogen (secondary N) is 1. The number of aryl methyl sites for hydroxylation is 1. The average Bonchev–Trinajstić information content (AvgIpc) is 2.72. The van der Waals surface area contributed by atoms with E-state index in [0.717, 1.165) is 29.8 Å². The van der Waals surface area contributed by atoms with Crippen LogP contribution in [-0.2, 0) is 6.54 Å². The lowest BCUT2D eigenvalue weighted by molar-refractivity contribution is 0.207. The van der Waals surface area contributed by atoms with Gasteiger partial charge in [0.1, 0.15) is 0 Å². The van der Waals surface area contributed by atoms with Gasteiger partial charge in [0, 0.05) is 23.8 Å². The molecule has 0 saturated carbocycles. The Morgan fingerprint density at radius 2 is 1.59 bits per heavy atom.